The van der Waals surface area contributed by atoms with E-state index in [1.807, 2.05) is 0 Å². The van der Waals surface area contributed by atoms with Gasteiger partial charge in [0.05, 0.1) is 0 Å². The second-order valence-corrected chi connectivity index (χ2v) is 3.51. The van der Waals surface area contributed by atoms with E-state index in [-0.39, 0.29) is 5.54 Å². The van der Waals surface area contributed by atoms with Gasteiger partial charge in [-0.1, -0.05) is 0 Å². The molecule has 5 nitrogen and oxygen atoms in total. The van der Waals surface area contributed by atoms with E-state index >= 15 is 0 Å². The van der Waals surface area contributed by atoms with Gasteiger partial charge in [0.1, 0.15) is 0 Å². The summed E-state index contributed by atoms with van der Waals surface area (Å²) in [5.74, 6) is 5.91. The third kappa shape index (κ3) is 2.86. The number of guanidine groups is 1. The lowest BCUT2D eigenvalue weighted by molar-refractivity contribution is 0.0521. The number of rotatable bonds is 1. The molecular formula is C8H18N4O. The van der Waals surface area contributed by atoms with Crippen molar-refractivity contribution >= 4 is 5.96 Å². The molecule has 1 rings (SSSR count). The number of hydrogen-bond donors (Lipinski definition) is 3. The normalized spacial score (nSPS) is 22.5. The zero-order valence-corrected chi connectivity index (χ0v) is 8.26. The van der Waals surface area contributed by atoms with Crippen LogP contribution < -0.4 is 16.6 Å². The predicted molar refractivity (Wildman–Crippen MR) is 52.3 cm³/mol. The molecule has 1 fully saturated rings. The van der Waals surface area contributed by atoms with Gasteiger partial charge in [0.15, 0.2) is 0 Å². The van der Waals surface area contributed by atoms with Crippen LogP contribution in [0.15, 0.2) is 4.99 Å². The van der Waals surface area contributed by atoms with E-state index in [0.29, 0.717) is 5.96 Å². The first-order valence-corrected chi connectivity index (χ1v) is 4.49. The molecule has 0 atom stereocenters. The number of hydrazine groups is 1. The van der Waals surface area contributed by atoms with Crippen LogP contribution in [0.2, 0.25) is 0 Å². The lowest BCUT2D eigenvalue weighted by atomic mass is 9.93. The highest BCUT2D eigenvalue weighted by Gasteiger charge is 2.27. The molecule has 0 aromatic heterocycles. The molecule has 0 aliphatic carbocycles. The molecule has 0 aromatic rings. The maximum Gasteiger partial charge on any atom is 0.205 e. The molecule has 0 amide bonds. The summed E-state index contributed by atoms with van der Waals surface area (Å²) in [5.41, 5.74) is 2.58. The van der Waals surface area contributed by atoms with E-state index in [1.165, 1.54) is 0 Å². The minimum absolute atomic E-state index is 0.0550. The third-order valence-electron chi connectivity index (χ3n) is 2.38. The Hall–Kier alpha value is -0.810. The Bertz CT molecular complexity index is 187. The van der Waals surface area contributed by atoms with Crippen molar-refractivity contribution in [1.82, 2.24) is 10.7 Å². The fourth-order valence-corrected chi connectivity index (χ4v) is 1.39. The first-order valence-electron chi connectivity index (χ1n) is 4.49. The Morgan fingerprint density at radius 2 is 2.08 bits per heavy atom. The Morgan fingerprint density at radius 3 is 2.54 bits per heavy atom. The van der Waals surface area contributed by atoms with Gasteiger partial charge in [-0.05, 0) is 19.8 Å². The quantitative estimate of drug-likeness (QED) is 0.225. The Morgan fingerprint density at radius 1 is 1.46 bits per heavy atom. The number of aliphatic imine (C=N–C) groups is 1. The van der Waals surface area contributed by atoms with E-state index in [2.05, 4.69) is 22.7 Å². The molecule has 1 heterocycles. The summed E-state index contributed by atoms with van der Waals surface area (Å²) < 4.78 is 5.28. The molecule has 1 aliphatic rings. The minimum Gasteiger partial charge on any atom is -0.381 e. The van der Waals surface area contributed by atoms with Crippen LogP contribution in [0.3, 0.4) is 0 Å². The highest BCUT2D eigenvalue weighted by atomic mass is 16.5. The molecule has 0 radical (unpaired) electrons. The standard InChI is InChI=1S/C8H18N4O/c1-8(3-5-13-6-4-8)11-7(10-2)12-9/h3-6,9H2,1-2H3,(H2,10,11,12). The summed E-state index contributed by atoms with van der Waals surface area (Å²) in [5, 5.41) is 3.27. The fraction of sp³-hybridized carbons (Fsp3) is 0.875. The average molecular weight is 186 g/mol. The lowest BCUT2D eigenvalue weighted by Gasteiger charge is -2.35. The van der Waals surface area contributed by atoms with Crippen molar-refractivity contribution in [2.24, 2.45) is 10.8 Å². The molecule has 0 aromatic carbocycles. The fourth-order valence-electron chi connectivity index (χ4n) is 1.39. The predicted octanol–water partition coefficient (Wildman–Crippen LogP) is -0.406. The molecule has 4 N–H and O–H groups in total. The van der Waals surface area contributed by atoms with Crippen molar-refractivity contribution < 1.29 is 4.74 Å². The van der Waals surface area contributed by atoms with Gasteiger partial charge in [0, 0.05) is 25.8 Å². The van der Waals surface area contributed by atoms with Crippen molar-refractivity contribution in [3.8, 4) is 0 Å². The number of nitrogens with two attached hydrogens (primary N) is 1. The van der Waals surface area contributed by atoms with Crippen LogP contribution >= 0.6 is 0 Å². The van der Waals surface area contributed by atoms with Crippen LogP contribution in [0, 0.1) is 0 Å². The summed E-state index contributed by atoms with van der Waals surface area (Å²) in [6.45, 7) is 3.74. The van der Waals surface area contributed by atoms with Gasteiger partial charge in [-0.25, -0.2) is 5.84 Å². The van der Waals surface area contributed by atoms with Crippen molar-refractivity contribution in [2.75, 3.05) is 20.3 Å². The van der Waals surface area contributed by atoms with Crippen LogP contribution in [0.4, 0.5) is 0 Å². The highest BCUT2D eigenvalue weighted by Crippen LogP contribution is 2.19. The Labute approximate surface area is 78.7 Å². The molecule has 76 valence electrons. The van der Waals surface area contributed by atoms with Crippen LogP contribution in [0.1, 0.15) is 19.8 Å². The van der Waals surface area contributed by atoms with Crippen molar-refractivity contribution in [3.05, 3.63) is 0 Å². The molecule has 1 aliphatic heterocycles. The number of nitrogens with one attached hydrogen (secondary N) is 2. The van der Waals surface area contributed by atoms with E-state index in [0.717, 1.165) is 26.1 Å². The van der Waals surface area contributed by atoms with Gasteiger partial charge in [-0.15, -0.1) is 0 Å². The average Bonchev–Trinajstić information content (AvgIpc) is 2.15. The van der Waals surface area contributed by atoms with Crippen molar-refractivity contribution in [3.63, 3.8) is 0 Å². The minimum atomic E-state index is 0.0550. The lowest BCUT2D eigenvalue weighted by Crippen LogP contribution is -2.55. The van der Waals surface area contributed by atoms with E-state index < -0.39 is 0 Å². The van der Waals surface area contributed by atoms with Gasteiger partial charge in [-0.3, -0.25) is 10.4 Å². The topological polar surface area (TPSA) is 71.7 Å². The van der Waals surface area contributed by atoms with Gasteiger partial charge in [0.25, 0.3) is 0 Å². The summed E-state index contributed by atoms with van der Waals surface area (Å²) in [7, 11) is 1.70. The van der Waals surface area contributed by atoms with Crippen LogP contribution in [-0.2, 0) is 4.74 Å². The maximum atomic E-state index is 5.28. The first-order chi connectivity index (χ1) is 6.20. The Balaban J connectivity index is 2.49. The van der Waals surface area contributed by atoms with Gasteiger partial charge >= 0.3 is 0 Å². The molecule has 0 unspecified atom stereocenters. The zero-order chi connectivity index (χ0) is 9.73. The smallest absolute Gasteiger partial charge is 0.205 e. The number of hydrogen-bond acceptors (Lipinski definition) is 3. The van der Waals surface area contributed by atoms with E-state index in [9.17, 15) is 0 Å². The van der Waals surface area contributed by atoms with Gasteiger partial charge in [-0.2, -0.15) is 0 Å². The second kappa shape index (κ2) is 4.43. The summed E-state index contributed by atoms with van der Waals surface area (Å²) in [6.07, 6.45) is 1.96. The molecular weight excluding hydrogens is 168 g/mol. The number of ether oxygens (including phenoxy) is 1. The monoisotopic (exact) mass is 186 g/mol. The third-order valence-corrected chi connectivity index (χ3v) is 2.38. The SMILES string of the molecule is CN=C(NN)NC1(C)CCOCC1. The van der Waals surface area contributed by atoms with Crippen LogP contribution in [-0.4, -0.2) is 31.8 Å². The summed E-state index contributed by atoms with van der Waals surface area (Å²) in [4.78, 5) is 3.97. The van der Waals surface area contributed by atoms with Crippen molar-refractivity contribution in [2.45, 2.75) is 25.3 Å². The molecule has 13 heavy (non-hydrogen) atoms. The largest absolute Gasteiger partial charge is 0.381 e. The van der Waals surface area contributed by atoms with Crippen LogP contribution in [0.25, 0.3) is 0 Å². The summed E-state index contributed by atoms with van der Waals surface area (Å²) >= 11 is 0. The Kier molecular flexibility index (Phi) is 3.50. The van der Waals surface area contributed by atoms with Crippen LogP contribution in [0.5, 0.6) is 0 Å². The van der Waals surface area contributed by atoms with Crippen molar-refractivity contribution in [1.29, 1.82) is 0 Å². The molecule has 0 spiro atoms. The zero-order valence-electron chi connectivity index (χ0n) is 8.26. The second-order valence-electron chi connectivity index (χ2n) is 3.51. The highest BCUT2D eigenvalue weighted by molar-refractivity contribution is 5.79. The van der Waals surface area contributed by atoms with Gasteiger partial charge < -0.3 is 10.1 Å². The number of nitrogens with zero attached hydrogens (tertiary/aromatic N) is 1. The van der Waals surface area contributed by atoms with E-state index in [4.69, 9.17) is 10.6 Å². The van der Waals surface area contributed by atoms with E-state index in [1.54, 1.807) is 7.05 Å². The molecule has 0 saturated carbocycles. The maximum absolute atomic E-state index is 5.28. The summed E-state index contributed by atoms with van der Waals surface area (Å²) in [6, 6.07) is 0. The molecule has 0 bridgehead atoms. The molecule has 1 saturated heterocycles. The molecule has 5 heteroatoms. The first kappa shape index (κ1) is 10.3. The van der Waals surface area contributed by atoms with Gasteiger partial charge in [0.2, 0.25) is 5.96 Å².